The van der Waals surface area contributed by atoms with Crippen LogP contribution in [0.1, 0.15) is 11.8 Å². The summed E-state index contributed by atoms with van der Waals surface area (Å²) < 4.78 is 5.61. The molecule has 0 bridgehead atoms. The van der Waals surface area contributed by atoms with Gasteiger partial charge in [0.1, 0.15) is 10.7 Å². The molecule has 0 aliphatic rings. The number of rotatable bonds is 5. The first-order chi connectivity index (χ1) is 11.1. The number of nitrogens with zero attached hydrogens (tertiary/aromatic N) is 1. The summed E-state index contributed by atoms with van der Waals surface area (Å²) in [5.41, 5.74) is 0.473. The predicted octanol–water partition coefficient (Wildman–Crippen LogP) is 3.42. The third-order valence-electron chi connectivity index (χ3n) is 3.65. The van der Waals surface area contributed by atoms with Crippen molar-refractivity contribution in [3.63, 3.8) is 0 Å². The summed E-state index contributed by atoms with van der Waals surface area (Å²) in [6.45, 7) is 0. The smallest absolute Gasteiger partial charge is 0.252 e. The minimum Gasteiger partial charge on any atom is -0.357 e. The lowest BCUT2D eigenvalue weighted by molar-refractivity contribution is 0.108. The van der Waals surface area contributed by atoms with Gasteiger partial charge >= 0.3 is 0 Å². The molecule has 116 valence electrons. The van der Waals surface area contributed by atoms with Crippen molar-refractivity contribution in [2.75, 3.05) is 12.0 Å². The van der Waals surface area contributed by atoms with E-state index in [1.54, 1.807) is 12.0 Å². The molecule has 0 amide bonds. The summed E-state index contributed by atoms with van der Waals surface area (Å²) in [6, 6.07) is 18.7. The van der Waals surface area contributed by atoms with Crippen LogP contribution in [0.25, 0.3) is 0 Å². The lowest BCUT2D eigenvalue weighted by atomic mass is 10.1. The van der Waals surface area contributed by atoms with E-state index in [4.69, 9.17) is 16.3 Å². The topological polar surface area (TPSA) is 46.6 Å². The second-order valence-electron chi connectivity index (χ2n) is 5.03. The molecular formula is C18H14ClNO3. The lowest BCUT2D eigenvalue weighted by Gasteiger charge is -2.33. The highest BCUT2D eigenvalue weighted by molar-refractivity contribution is 6.34. The molecule has 0 fully saturated rings. The number of benzene rings is 2. The molecule has 23 heavy (non-hydrogen) atoms. The van der Waals surface area contributed by atoms with Crippen LogP contribution < -0.4 is 15.8 Å². The molecule has 5 heteroatoms. The van der Waals surface area contributed by atoms with Crippen LogP contribution in [0.3, 0.4) is 0 Å². The second-order valence-corrected chi connectivity index (χ2v) is 5.40. The molecule has 0 aliphatic heterocycles. The van der Waals surface area contributed by atoms with Gasteiger partial charge in [-0.25, -0.2) is 0 Å². The van der Waals surface area contributed by atoms with E-state index in [0.29, 0.717) is 0 Å². The Morgan fingerprint density at radius 2 is 1.48 bits per heavy atom. The van der Waals surface area contributed by atoms with E-state index in [1.807, 2.05) is 60.7 Å². The third-order valence-corrected chi connectivity index (χ3v) is 4.00. The van der Waals surface area contributed by atoms with Gasteiger partial charge in [-0.2, -0.15) is 0 Å². The maximum atomic E-state index is 12.0. The fourth-order valence-electron chi connectivity index (χ4n) is 2.55. The third kappa shape index (κ3) is 2.67. The molecule has 0 N–H and O–H groups in total. The van der Waals surface area contributed by atoms with Gasteiger partial charge in [-0.05, 0) is 12.1 Å². The summed E-state index contributed by atoms with van der Waals surface area (Å²) in [4.78, 5) is 25.3. The van der Waals surface area contributed by atoms with Gasteiger partial charge in [0.25, 0.3) is 5.43 Å². The Balaban J connectivity index is 2.16. The van der Waals surface area contributed by atoms with Crippen molar-refractivity contribution in [2.24, 2.45) is 0 Å². The fourth-order valence-corrected chi connectivity index (χ4v) is 2.81. The Labute approximate surface area is 138 Å². The molecule has 1 unspecified atom stereocenters. The van der Waals surface area contributed by atoms with Crippen LogP contribution in [0.15, 0.2) is 70.3 Å². The number of halogens is 1. The van der Waals surface area contributed by atoms with Gasteiger partial charge in [-0.15, -0.1) is 0 Å². The maximum absolute atomic E-state index is 12.0. The average molecular weight is 328 g/mol. The van der Waals surface area contributed by atoms with Crippen LogP contribution in [-0.4, -0.2) is 7.11 Å². The number of anilines is 2. The molecule has 0 saturated heterocycles. The monoisotopic (exact) mass is 327 g/mol. The van der Waals surface area contributed by atoms with E-state index >= 15 is 0 Å². The van der Waals surface area contributed by atoms with E-state index < -0.39 is 17.1 Å². The van der Waals surface area contributed by atoms with Gasteiger partial charge < -0.3 is 9.64 Å². The molecule has 1 atom stereocenters. The lowest BCUT2D eigenvalue weighted by Crippen LogP contribution is -2.41. The highest BCUT2D eigenvalue weighted by Crippen LogP contribution is 2.36. The minimum atomic E-state index is -0.662. The molecule has 0 saturated carbocycles. The van der Waals surface area contributed by atoms with E-state index in [1.165, 1.54) is 0 Å². The normalized spacial score (nSPS) is 12.3. The summed E-state index contributed by atoms with van der Waals surface area (Å²) in [5.74, 6) is 0. The number of para-hydroxylation sites is 1. The molecule has 0 aliphatic carbocycles. The zero-order valence-corrected chi connectivity index (χ0v) is 13.2. The minimum absolute atomic E-state index is 0.0585. The number of hydrogen-bond acceptors (Lipinski definition) is 4. The van der Waals surface area contributed by atoms with E-state index in [9.17, 15) is 9.59 Å². The van der Waals surface area contributed by atoms with E-state index in [2.05, 4.69) is 0 Å². The SMILES string of the molecule is COC(c1ccccc1)N(c1ccccc1)c1c(Cl)c(=O)c1=O. The highest BCUT2D eigenvalue weighted by atomic mass is 35.5. The van der Waals surface area contributed by atoms with Crippen LogP contribution in [0.2, 0.25) is 5.02 Å². The summed E-state index contributed by atoms with van der Waals surface area (Å²) in [6.07, 6.45) is -0.570. The molecular weight excluding hydrogens is 314 g/mol. The number of ether oxygens (including phenoxy) is 1. The predicted molar refractivity (Wildman–Crippen MR) is 91.1 cm³/mol. The zero-order valence-electron chi connectivity index (χ0n) is 12.4. The molecule has 3 rings (SSSR count). The van der Waals surface area contributed by atoms with Crippen molar-refractivity contribution in [3.05, 3.63) is 91.7 Å². The number of methoxy groups -OCH3 is 1. The Kier molecular flexibility index (Phi) is 4.28. The first kappa shape index (κ1) is 15.5. The van der Waals surface area contributed by atoms with Crippen molar-refractivity contribution in [1.82, 2.24) is 0 Å². The molecule has 3 aromatic rings. The van der Waals surface area contributed by atoms with Crippen LogP contribution in [0, 0.1) is 0 Å². The maximum Gasteiger partial charge on any atom is 0.252 e. The van der Waals surface area contributed by atoms with Gasteiger partial charge in [0.15, 0.2) is 6.23 Å². The van der Waals surface area contributed by atoms with Crippen molar-refractivity contribution in [1.29, 1.82) is 0 Å². The van der Waals surface area contributed by atoms with Crippen LogP contribution >= 0.6 is 11.6 Å². The van der Waals surface area contributed by atoms with Crippen LogP contribution in [0.4, 0.5) is 11.4 Å². The van der Waals surface area contributed by atoms with Gasteiger partial charge in [-0.1, -0.05) is 60.1 Å². The van der Waals surface area contributed by atoms with E-state index in [0.717, 1.165) is 11.3 Å². The molecule has 0 radical (unpaired) electrons. The Morgan fingerprint density at radius 1 is 0.913 bits per heavy atom. The van der Waals surface area contributed by atoms with Gasteiger partial charge in [0, 0.05) is 18.4 Å². The first-order valence-corrected chi connectivity index (χ1v) is 7.43. The van der Waals surface area contributed by atoms with Crippen molar-refractivity contribution in [3.8, 4) is 0 Å². The molecule has 0 spiro atoms. The van der Waals surface area contributed by atoms with Crippen molar-refractivity contribution in [2.45, 2.75) is 6.23 Å². The van der Waals surface area contributed by atoms with E-state index in [-0.39, 0.29) is 10.7 Å². The zero-order chi connectivity index (χ0) is 16.4. The number of hydrogen-bond donors (Lipinski definition) is 0. The molecule has 0 heterocycles. The Morgan fingerprint density at radius 3 is 2.00 bits per heavy atom. The summed E-state index contributed by atoms with van der Waals surface area (Å²) in [7, 11) is 1.55. The Hall–Kier alpha value is -2.43. The Bertz CT molecular complexity index is 870. The highest BCUT2D eigenvalue weighted by Gasteiger charge is 2.31. The van der Waals surface area contributed by atoms with Crippen LogP contribution in [0.5, 0.6) is 0 Å². The molecule has 4 nitrogen and oxygen atoms in total. The largest absolute Gasteiger partial charge is 0.357 e. The molecule has 0 aromatic heterocycles. The summed E-state index contributed by atoms with van der Waals surface area (Å²) in [5, 5.41) is -0.0585. The second kappa shape index (κ2) is 6.36. The summed E-state index contributed by atoms with van der Waals surface area (Å²) >= 11 is 6.01. The van der Waals surface area contributed by atoms with Gasteiger partial charge in [-0.3, -0.25) is 9.59 Å². The average Bonchev–Trinajstić information content (AvgIpc) is 2.62. The fraction of sp³-hybridized carbons (Fsp3) is 0.111. The van der Waals surface area contributed by atoms with Crippen molar-refractivity contribution < 1.29 is 4.74 Å². The van der Waals surface area contributed by atoms with Crippen LogP contribution in [-0.2, 0) is 4.74 Å². The van der Waals surface area contributed by atoms with Gasteiger partial charge in [0.2, 0.25) is 5.43 Å². The quantitative estimate of drug-likeness (QED) is 0.532. The standard InChI is InChI=1S/C18H14ClNO3/c1-23-18(12-8-4-2-5-9-12)20(13-10-6-3-7-11-13)15-14(19)16(21)17(15)22/h2-11,18H,1H3. The molecule has 3 aromatic carbocycles. The van der Waals surface area contributed by atoms with Crippen molar-refractivity contribution >= 4 is 23.0 Å². The first-order valence-electron chi connectivity index (χ1n) is 7.06. The van der Waals surface area contributed by atoms with Gasteiger partial charge in [0.05, 0.1) is 0 Å².